The van der Waals surface area contributed by atoms with Crippen LogP contribution in [0.15, 0.2) is 0 Å². The molecular formula is C11H19NO3. The molecule has 1 saturated carbocycles. The van der Waals surface area contributed by atoms with Crippen LogP contribution in [0.4, 0.5) is 0 Å². The highest BCUT2D eigenvalue weighted by Gasteiger charge is 2.56. The van der Waals surface area contributed by atoms with Gasteiger partial charge in [-0.25, -0.2) is 0 Å². The Bertz CT molecular complexity index is 253. The first-order valence-electron chi connectivity index (χ1n) is 5.77. The van der Waals surface area contributed by atoms with Crippen LogP contribution in [0.1, 0.15) is 38.5 Å². The van der Waals surface area contributed by atoms with E-state index in [1.165, 1.54) is 0 Å². The Kier molecular flexibility index (Phi) is 2.73. The Morgan fingerprint density at radius 3 is 2.07 bits per heavy atom. The third-order valence-corrected chi connectivity index (χ3v) is 4.19. The number of hydrogen-bond donors (Lipinski definition) is 3. The van der Waals surface area contributed by atoms with Gasteiger partial charge in [-0.1, -0.05) is 12.8 Å². The molecule has 0 atom stereocenters. The van der Waals surface area contributed by atoms with Gasteiger partial charge < -0.3 is 15.5 Å². The minimum Gasteiger partial charge on any atom is -0.481 e. The molecule has 1 saturated heterocycles. The standard InChI is InChI=1S/C11H19NO3/c13-9(14)10(3-1-2-4-10)11(15)5-7-12-8-6-11/h12,15H,1-8H2,(H,13,14). The first kappa shape index (κ1) is 10.9. The largest absolute Gasteiger partial charge is 0.481 e. The Morgan fingerprint density at radius 1 is 1.07 bits per heavy atom. The molecular weight excluding hydrogens is 194 g/mol. The zero-order valence-corrected chi connectivity index (χ0v) is 8.96. The Hall–Kier alpha value is -0.610. The first-order valence-corrected chi connectivity index (χ1v) is 5.77. The lowest BCUT2D eigenvalue weighted by atomic mass is 9.66. The van der Waals surface area contributed by atoms with Crippen molar-refractivity contribution in [3.63, 3.8) is 0 Å². The van der Waals surface area contributed by atoms with E-state index in [0.717, 1.165) is 25.9 Å². The molecule has 2 fully saturated rings. The molecule has 0 aromatic rings. The molecule has 86 valence electrons. The van der Waals surface area contributed by atoms with Crippen LogP contribution in [0.2, 0.25) is 0 Å². The van der Waals surface area contributed by atoms with E-state index in [0.29, 0.717) is 25.7 Å². The Labute approximate surface area is 89.7 Å². The average molecular weight is 213 g/mol. The van der Waals surface area contributed by atoms with Crippen molar-refractivity contribution >= 4 is 5.97 Å². The van der Waals surface area contributed by atoms with Crippen LogP contribution >= 0.6 is 0 Å². The zero-order valence-electron chi connectivity index (χ0n) is 8.96. The molecule has 0 amide bonds. The van der Waals surface area contributed by atoms with Gasteiger partial charge in [-0.3, -0.25) is 4.79 Å². The Balaban J connectivity index is 2.26. The highest BCUT2D eigenvalue weighted by Crippen LogP contribution is 2.50. The van der Waals surface area contributed by atoms with Gasteiger partial charge in [0, 0.05) is 0 Å². The highest BCUT2D eigenvalue weighted by atomic mass is 16.4. The topological polar surface area (TPSA) is 69.6 Å². The van der Waals surface area contributed by atoms with Crippen molar-refractivity contribution in [2.24, 2.45) is 5.41 Å². The van der Waals surface area contributed by atoms with Crippen LogP contribution in [0.5, 0.6) is 0 Å². The van der Waals surface area contributed by atoms with Crippen molar-refractivity contribution in [2.75, 3.05) is 13.1 Å². The molecule has 2 rings (SSSR count). The van der Waals surface area contributed by atoms with E-state index >= 15 is 0 Å². The molecule has 1 aliphatic heterocycles. The van der Waals surface area contributed by atoms with Crippen molar-refractivity contribution in [3.05, 3.63) is 0 Å². The third-order valence-electron chi connectivity index (χ3n) is 4.19. The molecule has 1 aliphatic carbocycles. The number of nitrogens with one attached hydrogen (secondary N) is 1. The maximum atomic E-state index is 11.4. The van der Waals surface area contributed by atoms with E-state index in [-0.39, 0.29) is 0 Å². The molecule has 3 N–H and O–H groups in total. The number of carboxylic acid groups (broad SMARTS) is 1. The highest BCUT2D eigenvalue weighted by molar-refractivity contribution is 5.76. The molecule has 15 heavy (non-hydrogen) atoms. The van der Waals surface area contributed by atoms with E-state index in [2.05, 4.69) is 5.32 Å². The minimum absolute atomic E-state index is 0.569. The summed E-state index contributed by atoms with van der Waals surface area (Å²) >= 11 is 0. The van der Waals surface area contributed by atoms with Crippen LogP contribution in [0.25, 0.3) is 0 Å². The second kappa shape index (κ2) is 3.76. The van der Waals surface area contributed by atoms with Crippen molar-refractivity contribution in [1.29, 1.82) is 0 Å². The summed E-state index contributed by atoms with van der Waals surface area (Å²) in [5, 5.41) is 23.1. The van der Waals surface area contributed by atoms with Crippen molar-refractivity contribution in [2.45, 2.75) is 44.1 Å². The third kappa shape index (κ3) is 1.56. The number of hydrogen-bond acceptors (Lipinski definition) is 3. The zero-order chi connectivity index (χ0) is 10.9. The molecule has 4 heteroatoms. The van der Waals surface area contributed by atoms with Gasteiger partial charge in [-0.2, -0.15) is 0 Å². The predicted octanol–water partition coefficient (Wildman–Crippen LogP) is 0.746. The van der Waals surface area contributed by atoms with Gasteiger partial charge in [0.15, 0.2) is 0 Å². The summed E-state index contributed by atoms with van der Waals surface area (Å²) in [5.74, 6) is -0.801. The van der Waals surface area contributed by atoms with E-state index in [1.54, 1.807) is 0 Å². The molecule has 0 spiro atoms. The smallest absolute Gasteiger partial charge is 0.312 e. The minimum atomic E-state index is -0.986. The van der Waals surface area contributed by atoms with Gasteiger partial charge in [0.2, 0.25) is 0 Å². The summed E-state index contributed by atoms with van der Waals surface area (Å²) in [4.78, 5) is 11.4. The number of aliphatic carboxylic acids is 1. The van der Waals surface area contributed by atoms with Crippen molar-refractivity contribution in [1.82, 2.24) is 5.32 Å². The molecule has 1 heterocycles. The summed E-state index contributed by atoms with van der Waals surface area (Å²) < 4.78 is 0. The van der Waals surface area contributed by atoms with Gasteiger partial charge in [0.25, 0.3) is 0 Å². The first-order chi connectivity index (χ1) is 7.11. The second-order valence-electron chi connectivity index (χ2n) is 4.88. The number of rotatable bonds is 2. The van der Waals surface area contributed by atoms with Crippen molar-refractivity contribution in [3.8, 4) is 0 Å². The number of piperidine rings is 1. The maximum absolute atomic E-state index is 11.4. The summed E-state index contributed by atoms with van der Waals surface area (Å²) in [6.07, 6.45) is 4.28. The van der Waals surface area contributed by atoms with Crippen LogP contribution in [0.3, 0.4) is 0 Å². The lowest BCUT2D eigenvalue weighted by molar-refractivity contribution is -0.173. The van der Waals surface area contributed by atoms with Crippen LogP contribution in [0, 0.1) is 5.41 Å². The average Bonchev–Trinajstić information content (AvgIpc) is 2.69. The summed E-state index contributed by atoms with van der Waals surface area (Å²) in [6.45, 7) is 1.46. The molecule has 0 aromatic carbocycles. The molecule has 0 radical (unpaired) electrons. The van der Waals surface area contributed by atoms with E-state index in [4.69, 9.17) is 0 Å². The Morgan fingerprint density at radius 2 is 1.60 bits per heavy atom. The fourth-order valence-corrected chi connectivity index (χ4v) is 3.18. The van der Waals surface area contributed by atoms with Crippen LogP contribution in [-0.4, -0.2) is 34.9 Å². The normalized spacial score (nSPS) is 28.9. The molecule has 2 aliphatic rings. The van der Waals surface area contributed by atoms with Gasteiger partial charge >= 0.3 is 5.97 Å². The van der Waals surface area contributed by atoms with Crippen LogP contribution in [-0.2, 0) is 4.79 Å². The number of aliphatic hydroxyl groups is 1. The summed E-state index contributed by atoms with van der Waals surface area (Å²) in [7, 11) is 0. The lowest BCUT2D eigenvalue weighted by Crippen LogP contribution is -2.56. The summed E-state index contributed by atoms with van der Waals surface area (Å²) in [6, 6.07) is 0. The fourth-order valence-electron chi connectivity index (χ4n) is 3.18. The molecule has 0 aromatic heterocycles. The number of carbonyl (C=O) groups is 1. The monoisotopic (exact) mass is 213 g/mol. The van der Waals surface area contributed by atoms with E-state index in [1.807, 2.05) is 0 Å². The predicted molar refractivity (Wildman–Crippen MR) is 55.6 cm³/mol. The van der Waals surface area contributed by atoms with Crippen LogP contribution < -0.4 is 5.32 Å². The van der Waals surface area contributed by atoms with Gasteiger partial charge in [0.05, 0.1) is 11.0 Å². The second-order valence-corrected chi connectivity index (χ2v) is 4.88. The van der Waals surface area contributed by atoms with E-state index < -0.39 is 17.0 Å². The maximum Gasteiger partial charge on any atom is 0.312 e. The van der Waals surface area contributed by atoms with Gasteiger partial charge in [-0.15, -0.1) is 0 Å². The molecule has 0 bridgehead atoms. The number of carboxylic acids is 1. The molecule has 4 nitrogen and oxygen atoms in total. The molecule has 0 unspecified atom stereocenters. The van der Waals surface area contributed by atoms with E-state index in [9.17, 15) is 15.0 Å². The quantitative estimate of drug-likeness (QED) is 0.633. The van der Waals surface area contributed by atoms with Crippen molar-refractivity contribution < 1.29 is 15.0 Å². The van der Waals surface area contributed by atoms with Gasteiger partial charge in [0.1, 0.15) is 0 Å². The fraction of sp³-hybridized carbons (Fsp3) is 0.909. The lowest BCUT2D eigenvalue weighted by Gasteiger charge is -2.44. The van der Waals surface area contributed by atoms with Gasteiger partial charge in [-0.05, 0) is 38.8 Å². The SMILES string of the molecule is O=C(O)C1(C2(O)CCNCC2)CCCC1. The summed E-state index contributed by atoms with van der Waals surface area (Å²) in [5.41, 5.74) is -1.85.